The summed E-state index contributed by atoms with van der Waals surface area (Å²) in [7, 11) is 7.59. The molecule has 5 N–H and O–H groups in total. The predicted octanol–water partition coefficient (Wildman–Crippen LogP) is 4.31. The number of hydrogen-bond donors (Lipinski definition) is 4. The van der Waals surface area contributed by atoms with Gasteiger partial charge in [0, 0.05) is 61.8 Å². The van der Waals surface area contributed by atoms with Crippen molar-refractivity contribution >= 4 is 52.4 Å². The number of ether oxygens (including phenoxy) is 2. The van der Waals surface area contributed by atoms with Crippen molar-refractivity contribution in [1.82, 2.24) is 14.9 Å². The van der Waals surface area contributed by atoms with E-state index in [9.17, 15) is 9.59 Å². The van der Waals surface area contributed by atoms with Crippen LogP contribution in [-0.4, -0.2) is 79.9 Å². The molecule has 0 radical (unpaired) electrons. The van der Waals surface area contributed by atoms with Gasteiger partial charge in [0.2, 0.25) is 5.95 Å². The van der Waals surface area contributed by atoms with Crippen LogP contribution >= 0.6 is 0 Å². The standard InChI is InChI=1S/C32H40N8O4/c1-8-29(41)44-30(42)12-10-21-9-11-24(36-20(2)3)22(17-21)31(34)25-13-14-35-32(37-25)38-26-18-23(33)27(19-28(26)43-7)40(6)16-15-39(4)5/h8-14,17-20,34,36H,1,15-16,33H2,2-7H3,(H,35,37,38)/b12-10+,34-31?. The zero-order valence-corrected chi connectivity index (χ0v) is 26.0. The first kappa shape index (κ1) is 33.3. The molecule has 0 spiro atoms. The summed E-state index contributed by atoms with van der Waals surface area (Å²) >= 11 is 0. The molecule has 12 nitrogen and oxygen atoms in total. The molecule has 0 unspecified atom stereocenters. The normalized spacial score (nSPS) is 11.0. The van der Waals surface area contributed by atoms with Crippen molar-refractivity contribution in [3.05, 3.63) is 78.1 Å². The Morgan fingerprint density at radius 1 is 1.09 bits per heavy atom. The lowest BCUT2D eigenvalue weighted by atomic mass is 10.0. The van der Waals surface area contributed by atoms with Gasteiger partial charge in [0.1, 0.15) is 5.75 Å². The van der Waals surface area contributed by atoms with Gasteiger partial charge >= 0.3 is 11.9 Å². The average molecular weight is 601 g/mol. The third-order valence-electron chi connectivity index (χ3n) is 6.34. The quantitative estimate of drug-likeness (QED) is 0.0686. The molecule has 0 saturated heterocycles. The molecule has 3 aromatic rings. The minimum absolute atomic E-state index is 0.0910. The number of nitrogen functional groups attached to an aromatic ring is 1. The second-order valence-electron chi connectivity index (χ2n) is 10.5. The van der Waals surface area contributed by atoms with Gasteiger partial charge in [-0.3, -0.25) is 5.41 Å². The maximum Gasteiger partial charge on any atom is 0.338 e. The van der Waals surface area contributed by atoms with E-state index in [1.54, 1.807) is 37.6 Å². The molecule has 0 bridgehead atoms. The lowest BCUT2D eigenvalue weighted by molar-refractivity contribution is -0.152. The molecule has 0 saturated carbocycles. The number of esters is 2. The van der Waals surface area contributed by atoms with Crippen LogP contribution < -0.4 is 26.0 Å². The highest BCUT2D eigenvalue weighted by molar-refractivity contribution is 6.13. The Hall–Kier alpha value is -5.23. The van der Waals surface area contributed by atoms with E-state index in [0.717, 1.165) is 30.9 Å². The predicted molar refractivity (Wildman–Crippen MR) is 176 cm³/mol. The van der Waals surface area contributed by atoms with E-state index in [1.807, 2.05) is 47.1 Å². The van der Waals surface area contributed by atoms with Gasteiger partial charge in [-0.15, -0.1) is 0 Å². The Kier molecular flexibility index (Phi) is 11.6. The molecule has 0 fully saturated rings. The molecular weight excluding hydrogens is 560 g/mol. The minimum Gasteiger partial charge on any atom is -0.494 e. The summed E-state index contributed by atoms with van der Waals surface area (Å²) in [5.74, 6) is -0.851. The maximum absolute atomic E-state index is 11.9. The topological polar surface area (TPSA) is 159 Å². The SMILES string of the molecule is C=CC(=O)OC(=O)/C=C/c1ccc(NC(C)C)c(C(=N)c2ccnc(Nc3cc(N)c(N(C)CCN(C)C)cc3OC)n2)c1. The lowest BCUT2D eigenvalue weighted by Gasteiger charge is -2.24. The monoisotopic (exact) mass is 600 g/mol. The van der Waals surface area contributed by atoms with E-state index in [4.69, 9.17) is 15.9 Å². The number of methoxy groups -OCH3 is 1. The van der Waals surface area contributed by atoms with Crippen molar-refractivity contribution in [2.45, 2.75) is 19.9 Å². The van der Waals surface area contributed by atoms with E-state index in [2.05, 4.69) is 41.7 Å². The number of nitrogens with two attached hydrogens (primary N) is 1. The summed E-state index contributed by atoms with van der Waals surface area (Å²) in [5, 5.41) is 15.6. The van der Waals surface area contributed by atoms with Gasteiger partial charge in [0.15, 0.2) is 0 Å². The first-order valence-corrected chi connectivity index (χ1v) is 13.9. The third kappa shape index (κ3) is 9.13. The van der Waals surface area contributed by atoms with Crippen molar-refractivity contribution < 1.29 is 19.1 Å². The summed E-state index contributed by atoms with van der Waals surface area (Å²) in [6, 6.07) is 10.7. The fraction of sp³-hybridized carbons (Fsp3) is 0.281. The van der Waals surface area contributed by atoms with Crippen LogP contribution in [0.4, 0.5) is 28.7 Å². The van der Waals surface area contributed by atoms with Crippen LogP contribution in [-0.2, 0) is 14.3 Å². The summed E-state index contributed by atoms with van der Waals surface area (Å²) in [4.78, 5) is 36.3. The maximum atomic E-state index is 11.9. The van der Waals surface area contributed by atoms with Crippen LogP contribution in [0.15, 0.2) is 61.3 Å². The molecule has 0 aliphatic rings. The Labute approximate surface area is 258 Å². The molecule has 0 aliphatic carbocycles. The minimum atomic E-state index is -0.838. The zero-order valence-electron chi connectivity index (χ0n) is 26.0. The number of carbonyl (C=O) groups excluding carboxylic acids is 2. The Morgan fingerprint density at radius 2 is 1.84 bits per heavy atom. The van der Waals surface area contributed by atoms with Gasteiger partial charge in [-0.25, -0.2) is 19.6 Å². The number of benzene rings is 2. The Bertz CT molecular complexity index is 1550. The van der Waals surface area contributed by atoms with Crippen LogP contribution in [0.5, 0.6) is 5.75 Å². The highest BCUT2D eigenvalue weighted by Gasteiger charge is 2.17. The number of carbonyl (C=O) groups is 2. The molecule has 12 heteroatoms. The van der Waals surface area contributed by atoms with Gasteiger partial charge in [-0.1, -0.05) is 12.6 Å². The van der Waals surface area contributed by atoms with Gasteiger partial charge in [0.25, 0.3) is 0 Å². The third-order valence-corrected chi connectivity index (χ3v) is 6.34. The van der Waals surface area contributed by atoms with E-state index >= 15 is 0 Å². The molecule has 44 heavy (non-hydrogen) atoms. The molecule has 2 aromatic carbocycles. The zero-order chi connectivity index (χ0) is 32.4. The first-order valence-electron chi connectivity index (χ1n) is 13.9. The van der Waals surface area contributed by atoms with E-state index in [0.29, 0.717) is 39.6 Å². The van der Waals surface area contributed by atoms with Crippen molar-refractivity contribution in [1.29, 1.82) is 5.41 Å². The number of likely N-dealkylation sites (N-methyl/N-ethyl adjacent to an activating group) is 2. The molecule has 0 atom stereocenters. The summed E-state index contributed by atoms with van der Waals surface area (Å²) in [6.45, 7) is 8.90. The Balaban J connectivity index is 1.91. The van der Waals surface area contributed by atoms with E-state index < -0.39 is 11.9 Å². The van der Waals surface area contributed by atoms with Crippen molar-refractivity contribution in [2.24, 2.45) is 0 Å². The lowest BCUT2D eigenvalue weighted by Crippen LogP contribution is -2.29. The molecular formula is C32H40N8O4. The van der Waals surface area contributed by atoms with E-state index in [-0.39, 0.29) is 17.7 Å². The van der Waals surface area contributed by atoms with E-state index in [1.165, 1.54) is 6.08 Å². The number of hydrogen-bond acceptors (Lipinski definition) is 12. The van der Waals surface area contributed by atoms with Crippen LogP contribution in [0.25, 0.3) is 6.08 Å². The highest BCUT2D eigenvalue weighted by Crippen LogP contribution is 2.36. The van der Waals surface area contributed by atoms with Gasteiger partial charge in [-0.2, -0.15) is 0 Å². The number of anilines is 5. The average Bonchev–Trinajstić information content (AvgIpc) is 2.98. The molecule has 0 amide bonds. The molecule has 1 aromatic heterocycles. The largest absolute Gasteiger partial charge is 0.494 e. The molecule has 0 aliphatic heterocycles. The van der Waals surface area contributed by atoms with Crippen LogP contribution in [0.2, 0.25) is 0 Å². The smallest absolute Gasteiger partial charge is 0.338 e. The Morgan fingerprint density at radius 3 is 2.50 bits per heavy atom. The van der Waals surface area contributed by atoms with Crippen molar-refractivity contribution in [2.75, 3.05) is 62.6 Å². The highest BCUT2D eigenvalue weighted by atomic mass is 16.6. The number of nitrogens with zero attached hydrogens (tertiary/aromatic N) is 4. The summed E-state index contributed by atoms with van der Waals surface area (Å²) in [5.41, 5.74) is 10.8. The fourth-order valence-corrected chi connectivity index (χ4v) is 4.12. The van der Waals surface area contributed by atoms with Crippen LogP contribution in [0, 0.1) is 5.41 Å². The van der Waals surface area contributed by atoms with Crippen LogP contribution in [0.1, 0.15) is 30.7 Å². The van der Waals surface area contributed by atoms with Gasteiger partial charge in [-0.05, 0) is 63.8 Å². The summed E-state index contributed by atoms with van der Waals surface area (Å²) < 4.78 is 10.2. The van der Waals surface area contributed by atoms with Gasteiger partial charge < -0.3 is 35.6 Å². The van der Waals surface area contributed by atoms with Crippen LogP contribution in [0.3, 0.4) is 0 Å². The summed E-state index contributed by atoms with van der Waals surface area (Å²) in [6.07, 6.45) is 5.11. The number of rotatable bonds is 14. The second-order valence-corrected chi connectivity index (χ2v) is 10.5. The molecule has 232 valence electrons. The number of nitrogens with one attached hydrogen (secondary N) is 3. The fourth-order valence-electron chi connectivity index (χ4n) is 4.12. The van der Waals surface area contributed by atoms with Crippen molar-refractivity contribution in [3.63, 3.8) is 0 Å². The number of aromatic nitrogens is 2. The first-order chi connectivity index (χ1) is 20.9. The molecule has 3 rings (SSSR count). The van der Waals surface area contributed by atoms with Crippen molar-refractivity contribution in [3.8, 4) is 5.75 Å². The molecule has 1 heterocycles. The van der Waals surface area contributed by atoms with Gasteiger partial charge in [0.05, 0.1) is 35.6 Å². The second kappa shape index (κ2) is 15.3.